The maximum absolute atomic E-state index is 8.76. The number of nitriles is 1. The summed E-state index contributed by atoms with van der Waals surface area (Å²) < 4.78 is 0. The Balaban J connectivity index is 2.29. The van der Waals surface area contributed by atoms with E-state index in [0.29, 0.717) is 22.1 Å². The van der Waals surface area contributed by atoms with Gasteiger partial charge in [-0.15, -0.1) is 0 Å². The summed E-state index contributed by atoms with van der Waals surface area (Å²) in [6.07, 6.45) is 0. The minimum Gasteiger partial charge on any atom is -0.368 e. The summed E-state index contributed by atoms with van der Waals surface area (Å²) >= 11 is 11.7. The van der Waals surface area contributed by atoms with Crippen LogP contribution in [0.5, 0.6) is 0 Å². The molecule has 0 saturated heterocycles. The highest BCUT2D eigenvalue weighted by atomic mass is 35.5. The molecule has 0 aliphatic carbocycles. The lowest BCUT2D eigenvalue weighted by Gasteiger charge is -2.07. The lowest BCUT2D eigenvalue weighted by molar-refractivity contribution is 1.18. The number of nitrogen functional groups attached to an aromatic ring is 1. The number of aromatic nitrogens is 2. The lowest BCUT2D eigenvalue weighted by Crippen LogP contribution is -2.00. The van der Waals surface area contributed by atoms with Crippen molar-refractivity contribution in [3.63, 3.8) is 0 Å². The number of anilines is 3. The topological polar surface area (TPSA) is 87.6 Å². The van der Waals surface area contributed by atoms with Crippen LogP contribution in [-0.4, -0.2) is 9.97 Å². The number of halogens is 2. The first-order valence-electron chi connectivity index (χ1n) is 4.85. The van der Waals surface area contributed by atoms with Gasteiger partial charge in [0.1, 0.15) is 17.0 Å². The highest BCUT2D eigenvalue weighted by Crippen LogP contribution is 2.23. The molecule has 2 aromatic rings. The first-order chi connectivity index (χ1) is 8.58. The highest BCUT2D eigenvalue weighted by Gasteiger charge is 2.04. The fourth-order valence-corrected chi connectivity index (χ4v) is 1.74. The Kier molecular flexibility index (Phi) is 3.51. The van der Waals surface area contributed by atoms with Gasteiger partial charge in [0.2, 0.25) is 5.95 Å². The van der Waals surface area contributed by atoms with Gasteiger partial charge in [-0.05, 0) is 18.2 Å². The third kappa shape index (κ3) is 2.80. The Labute approximate surface area is 113 Å². The van der Waals surface area contributed by atoms with Crippen molar-refractivity contribution in [2.45, 2.75) is 0 Å². The third-order valence-electron chi connectivity index (χ3n) is 2.07. The van der Waals surface area contributed by atoms with Crippen LogP contribution in [0.1, 0.15) is 5.56 Å². The zero-order valence-corrected chi connectivity index (χ0v) is 10.5. The molecule has 0 spiro atoms. The highest BCUT2D eigenvalue weighted by molar-refractivity contribution is 6.32. The fraction of sp³-hybridized carbons (Fsp3) is 0. The molecule has 0 radical (unpaired) electrons. The first kappa shape index (κ1) is 12.4. The second-order valence-electron chi connectivity index (χ2n) is 3.37. The Morgan fingerprint density at radius 2 is 2.00 bits per heavy atom. The second kappa shape index (κ2) is 5.08. The molecule has 1 aromatic heterocycles. The van der Waals surface area contributed by atoms with E-state index in [4.69, 9.17) is 34.2 Å². The Bertz CT molecular complexity index is 616. The first-order valence-corrected chi connectivity index (χ1v) is 5.61. The van der Waals surface area contributed by atoms with Crippen LogP contribution in [0.4, 0.5) is 17.5 Å². The zero-order valence-electron chi connectivity index (χ0n) is 8.98. The molecule has 0 fully saturated rings. The Morgan fingerprint density at radius 3 is 2.61 bits per heavy atom. The molecule has 3 N–H and O–H groups in total. The molecule has 18 heavy (non-hydrogen) atoms. The van der Waals surface area contributed by atoms with Crippen molar-refractivity contribution in [1.82, 2.24) is 9.97 Å². The maximum Gasteiger partial charge on any atom is 0.223 e. The van der Waals surface area contributed by atoms with E-state index < -0.39 is 0 Å². The van der Waals surface area contributed by atoms with E-state index in [1.807, 2.05) is 6.07 Å². The van der Waals surface area contributed by atoms with Gasteiger partial charge in [0.25, 0.3) is 0 Å². The minimum atomic E-state index is 0.0738. The number of nitrogens with one attached hydrogen (secondary N) is 1. The van der Waals surface area contributed by atoms with Gasteiger partial charge in [-0.3, -0.25) is 0 Å². The van der Waals surface area contributed by atoms with Crippen LogP contribution < -0.4 is 11.1 Å². The number of nitrogens with zero attached hydrogens (tertiary/aromatic N) is 3. The fourth-order valence-electron chi connectivity index (χ4n) is 1.33. The van der Waals surface area contributed by atoms with Crippen molar-refractivity contribution in [2.24, 2.45) is 0 Å². The summed E-state index contributed by atoms with van der Waals surface area (Å²) in [6.45, 7) is 0. The molecule has 0 aliphatic heterocycles. The van der Waals surface area contributed by atoms with E-state index in [9.17, 15) is 0 Å². The number of benzene rings is 1. The van der Waals surface area contributed by atoms with Crippen molar-refractivity contribution in [1.29, 1.82) is 5.26 Å². The molecule has 5 nitrogen and oxygen atoms in total. The smallest absolute Gasteiger partial charge is 0.223 e. The van der Waals surface area contributed by atoms with E-state index in [0.717, 1.165) is 0 Å². The van der Waals surface area contributed by atoms with Gasteiger partial charge in [0.05, 0.1) is 10.6 Å². The van der Waals surface area contributed by atoms with E-state index in [1.54, 1.807) is 18.2 Å². The molecule has 0 atom stereocenters. The monoisotopic (exact) mass is 279 g/mol. The van der Waals surface area contributed by atoms with Gasteiger partial charge in [-0.25, -0.2) is 4.98 Å². The van der Waals surface area contributed by atoms with Gasteiger partial charge in [-0.2, -0.15) is 10.2 Å². The zero-order chi connectivity index (χ0) is 13.1. The number of rotatable bonds is 2. The second-order valence-corrected chi connectivity index (χ2v) is 4.16. The van der Waals surface area contributed by atoms with Gasteiger partial charge < -0.3 is 11.1 Å². The molecule has 0 bridgehead atoms. The van der Waals surface area contributed by atoms with E-state index >= 15 is 0 Å². The SMILES string of the molecule is N#Cc1ccc(Nc2cc(Cl)nc(N)n2)cc1Cl. The summed E-state index contributed by atoms with van der Waals surface area (Å²) in [5.41, 5.74) is 6.55. The quantitative estimate of drug-likeness (QED) is 0.825. The van der Waals surface area contributed by atoms with Crippen molar-refractivity contribution < 1.29 is 0 Å². The lowest BCUT2D eigenvalue weighted by atomic mass is 10.2. The summed E-state index contributed by atoms with van der Waals surface area (Å²) in [7, 11) is 0. The molecule has 0 unspecified atom stereocenters. The summed E-state index contributed by atoms with van der Waals surface area (Å²) in [4.78, 5) is 7.71. The van der Waals surface area contributed by atoms with Crippen molar-refractivity contribution in [2.75, 3.05) is 11.1 Å². The van der Waals surface area contributed by atoms with E-state index in [1.165, 1.54) is 6.07 Å². The average Bonchev–Trinajstić information content (AvgIpc) is 2.27. The molecule has 2 rings (SSSR count). The largest absolute Gasteiger partial charge is 0.368 e. The van der Waals surface area contributed by atoms with Crippen molar-refractivity contribution >= 4 is 40.7 Å². The van der Waals surface area contributed by atoms with Crippen LogP contribution in [-0.2, 0) is 0 Å². The van der Waals surface area contributed by atoms with Crippen LogP contribution in [0.3, 0.4) is 0 Å². The molecular weight excluding hydrogens is 273 g/mol. The normalized spacial score (nSPS) is 9.83. The Hall–Kier alpha value is -2.03. The molecular formula is C11H7Cl2N5. The van der Waals surface area contributed by atoms with Gasteiger partial charge in [0.15, 0.2) is 0 Å². The van der Waals surface area contributed by atoms with Gasteiger partial charge in [0, 0.05) is 11.8 Å². The molecule has 0 amide bonds. The van der Waals surface area contributed by atoms with E-state index in [-0.39, 0.29) is 11.1 Å². The molecule has 1 aromatic carbocycles. The summed E-state index contributed by atoms with van der Waals surface area (Å²) in [5, 5.41) is 12.3. The molecule has 90 valence electrons. The summed E-state index contributed by atoms with van der Waals surface area (Å²) in [6, 6.07) is 8.44. The van der Waals surface area contributed by atoms with Crippen LogP contribution in [0.2, 0.25) is 10.2 Å². The van der Waals surface area contributed by atoms with Crippen LogP contribution in [0.15, 0.2) is 24.3 Å². The average molecular weight is 280 g/mol. The molecule has 7 heteroatoms. The van der Waals surface area contributed by atoms with Crippen molar-refractivity contribution in [3.8, 4) is 6.07 Å². The number of nitrogens with two attached hydrogens (primary N) is 1. The van der Waals surface area contributed by atoms with Crippen LogP contribution in [0, 0.1) is 11.3 Å². The standard InChI is InChI=1S/C11H7Cl2N5/c12-8-3-7(2-1-6(8)5-14)16-10-4-9(13)17-11(15)18-10/h1-4H,(H3,15,16,17,18). The number of hydrogen-bond acceptors (Lipinski definition) is 5. The molecule has 0 aliphatic rings. The maximum atomic E-state index is 8.76. The van der Waals surface area contributed by atoms with Crippen LogP contribution in [0.25, 0.3) is 0 Å². The predicted molar refractivity (Wildman–Crippen MR) is 70.9 cm³/mol. The predicted octanol–water partition coefficient (Wildman–Crippen LogP) is 2.98. The van der Waals surface area contributed by atoms with E-state index in [2.05, 4.69) is 15.3 Å². The van der Waals surface area contributed by atoms with Crippen molar-refractivity contribution in [3.05, 3.63) is 40.0 Å². The van der Waals surface area contributed by atoms with Gasteiger partial charge in [-0.1, -0.05) is 23.2 Å². The minimum absolute atomic E-state index is 0.0738. The summed E-state index contributed by atoms with van der Waals surface area (Å²) in [5.74, 6) is 0.526. The molecule has 0 saturated carbocycles. The number of hydrogen-bond donors (Lipinski definition) is 2. The van der Waals surface area contributed by atoms with Gasteiger partial charge >= 0.3 is 0 Å². The third-order valence-corrected chi connectivity index (χ3v) is 2.58. The molecule has 1 heterocycles. The van der Waals surface area contributed by atoms with Crippen LogP contribution >= 0.6 is 23.2 Å². The Morgan fingerprint density at radius 1 is 1.22 bits per heavy atom.